The van der Waals surface area contributed by atoms with Crippen LogP contribution in [0.1, 0.15) is 5.82 Å². The van der Waals surface area contributed by atoms with Crippen LogP contribution in [-0.2, 0) is 13.7 Å². The van der Waals surface area contributed by atoms with E-state index in [1.54, 1.807) is 17.8 Å². The average Bonchev–Trinajstić information content (AvgIpc) is 2.73. The van der Waals surface area contributed by atoms with Gasteiger partial charge in [0.05, 0.1) is 15.5 Å². The van der Waals surface area contributed by atoms with E-state index in [4.69, 9.17) is 4.74 Å². The van der Waals surface area contributed by atoms with Crippen molar-refractivity contribution in [1.29, 1.82) is 0 Å². The zero-order valence-electron chi connectivity index (χ0n) is 9.41. The van der Waals surface area contributed by atoms with E-state index < -0.39 is 4.92 Å². The second kappa shape index (κ2) is 5.13. The molecule has 94 valence electrons. The Balaban J connectivity index is 2.16. The van der Waals surface area contributed by atoms with Gasteiger partial charge >= 0.3 is 0 Å². The average molecular weight is 313 g/mol. The highest BCUT2D eigenvalue weighted by molar-refractivity contribution is 9.10. The minimum Gasteiger partial charge on any atom is -0.484 e. The van der Waals surface area contributed by atoms with Crippen molar-refractivity contribution in [3.05, 3.63) is 44.9 Å². The topological polar surface area (TPSA) is 83.1 Å². The van der Waals surface area contributed by atoms with Crippen LogP contribution in [0.3, 0.4) is 0 Å². The minimum absolute atomic E-state index is 0.0221. The maximum atomic E-state index is 10.7. The molecule has 2 rings (SSSR count). The van der Waals surface area contributed by atoms with E-state index in [9.17, 15) is 10.1 Å². The summed E-state index contributed by atoms with van der Waals surface area (Å²) in [7, 11) is 1.74. The molecule has 0 bridgehead atoms. The first-order valence-corrected chi connectivity index (χ1v) is 5.77. The predicted octanol–water partition coefficient (Wildman–Crippen LogP) is 2.06. The van der Waals surface area contributed by atoms with Crippen LogP contribution in [0.15, 0.2) is 29.0 Å². The number of non-ortho nitro benzene ring substituents is 1. The SMILES string of the molecule is Cn1ncnc1COc1cc([N+](=O)[O-])ccc1Br. The fourth-order valence-electron chi connectivity index (χ4n) is 1.31. The Morgan fingerprint density at radius 1 is 1.56 bits per heavy atom. The molecule has 0 unspecified atom stereocenters. The van der Waals surface area contributed by atoms with E-state index in [0.29, 0.717) is 16.0 Å². The summed E-state index contributed by atoms with van der Waals surface area (Å²) in [5, 5.41) is 14.6. The number of halogens is 1. The molecular weight excluding hydrogens is 304 g/mol. The van der Waals surface area contributed by atoms with Crippen molar-refractivity contribution in [2.45, 2.75) is 6.61 Å². The van der Waals surface area contributed by atoms with Gasteiger partial charge in [-0.15, -0.1) is 0 Å². The number of ether oxygens (including phenoxy) is 1. The van der Waals surface area contributed by atoms with Crippen molar-refractivity contribution in [1.82, 2.24) is 14.8 Å². The van der Waals surface area contributed by atoms with Gasteiger partial charge < -0.3 is 4.74 Å². The molecule has 2 aromatic rings. The van der Waals surface area contributed by atoms with Gasteiger partial charge in [-0.05, 0) is 22.0 Å². The van der Waals surface area contributed by atoms with E-state index in [2.05, 4.69) is 26.0 Å². The van der Waals surface area contributed by atoms with Gasteiger partial charge in [0, 0.05) is 13.1 Å². The van der Waals surface area contributed by atoms with Crippen molar-refractivity contribution in [3.63, 3.8) is 0 Å². The molecule has 1 aromatic carbocycles. The van der Waals surface area contributed by atoms with Gasteiger partial charge in [0.1, 0.15) is 18.7 Å². The molecule has 0 saturated carbocycles. The van der Waals surface area contributed by atoms with Gasteiger partial charge in [0.25, 0.3) is 5.69 Å². The smallest absolute Gasteiger partial charge is 0.273 e. The third kappa shape index (κ3) is 2.65. The summed E-state index contributed by atoms with van der Waals surface area (Å²) in [5.41, 5.74) is -0.0221. The summed E-state index contributed by atoms with van der Waals surface area (Å²) < 4.78 is 7.70. The molecule has 7 nitrogen and oxygen atoms in total. The van der Waals surface area contributed by atoms with Gasteiger partial charge in [-0.1, -0.05) is 0 Å². The Morgan fingerprint density at radius 2 is 2.33 bits per heavy atom. The Bertz CT molecular complexity index is 584. The first-order valence-electron chi connectivity index (χ1n) is 4.97. The van der Waals surface area contributed by atoms with Gasteiger partial charge in [0.2, 0.25) is 0 Å². The molecule has 0 aliphatic carbocycles. The molecule has 0 atom stereocenters. The van der Waals surface area contributed by atoms with Gasteiger partial charge in [-0.3, -0.25) is 14.8 Å². The fourth-order valence-corrected chi connectivity index (χ4v) is 1.67. The standard InChI is InChI=1S/C10H9BrN4O3/c1-14-10(12-6-13-14)5-18-9-4-7(15(16)17)2-3-8(9)11/h2-4,6H,5H2,1H3. The monoisotopic (exact) mass is 312 g/mol. The molecule has 0 amide bonds. The summed E-state index contributed by atoms with van der Waals surface area (Å²) in [6, 6.07) is 4.34. The normalized spacial score (nSPS) is 10.3. The lowest BCUT2D eigenvalue weighted by Crippen LogP contribution is -2.05. The van der Waals surface area contributed by atoms with Crippen LogP contribution >= 0.6 is 15.9 Å². The molecule has 18 heavy (non-hydrogen) atoms. The van der Waals surface area contributed by atoms with Gasteiger partial charge in [0.15, 0.2) is 5.82 Å². The first-order chi connectivity index (χ1) is 8.58. The highest BCUT2D eigenvalue weighted by Crippen LogP contribution is 2.29. The summed E-state index contributed by atoms with van der Waals surface area (Å²) in [6.07, 6.45) is 1.42. The predicted molar refractivity (Wildman–Crippen MR) is 66.1 cm³/mol. The molecule has 0 saturated heterocycles. The number of rotatable bonds is 4. The molecular formula is C10H9BrN4O3. The zero-order chi connectivity index (χ0) is 13.1. The molecule has 0 radical (unpaired) electrons. The summed E-state index contributed by atoms with van der Waals surface area (Å²) in [5.74, 6) is 1.03. The van der Waals surface area contributed by atoms with E-state index in [1.807, 2.05) is 0 Å². The van der Waals surface area contributed by atoms with Crippen LogP contribution in [0, 0.1) is 10.1 Å². The Kier molecular flexibility index (Phi) is 3.56. The van der Waals surface area contributed by atoms with Crippen molar-refractivity contribution in [2.75, 3.05) is 0 Å². The van der Waals surface area contributed by atoms with Crippen molar-refractivity contribution in [2.24, 2.45) is 7.05 Å². The summed E-state index contributed by atoms with van der Waals surface area (Å²) in [4.78, 5) is 14.2. The summed E-state index contributed by atoms with van der Waals surface area (Å²) in [6.45, 7) is 0.191. The molecule has 8 heteroatoms. The number of hydrogen-bond acceptors (Lipinski definition) is 5. The number of nitrogens with zero attached hydrogens (tertiary/aromatic N) is 4. The zero-order valence-corrected chi connectivity index (χ0v) is 11.0. The van der Waals surface area contributed by atoms with Crippen molar-refractivity contribution < 1.29 is 9.66 Å². The van der Waals surface area contributed by atoms with E-state index in [1.165, 1.54) is 18.5 Å². The Morgan fingerprint density at radius 3 is 2.94 bits per heavy atom. The molecule has 0 aliphatic heterocycles. The number of nitro benzene ring substituents is 1. The molecule has 1 heterocycles. The third-order valence-corrected chi connectivity index (χ3v) is 2.94. The molecule has 1 aromatic heterocycles. The lowest BCUT2D eigenvalue weighted by molar-refractivity contribution is -0.385. The van der Waals surface area contributed by atoms with Crippen molar-refractivity contribution in [3.8, 4) is 5.75 Å². The highest BCUT2D eigenvalue weighted by Gasteiger charge is 2.11. The van der Waals surface area contributed by atoms with Crippen LogP contribution in [0.25, 0.3) is 0 Å². The van der Waals surface area contributed by atoms with E-state index in [-0.39, 0.29) is 12.3 Å². The number of aromatic nitrogens is 3. The number of nitro groups is 1. The van der Waals surface area contributed by atoms with E-state index >= 15 is 0 Å². The molecule has 0 aliphatic rings. The lowest BCUT2D eigenvalue weighted by atomic mass is 10.3. The first kappa shape index (κ1) is 12.5. The van der Waals surface area contributed by atoms with Crippen LogP contribution in [-0.4, -0.2) is 19.7 Å². The number of hydrogen-bond donors (Lipinski definition) is 0. The van der Waals surface area contributed by atoms with E-state index in [0.717, 1.165) is 0 Å². The van der Waals surface area contributed by atoms with Crippen molar-refractivity contribution >= 4 is 21.6 Å². The summed E-state index contributed by atoms with van der Waals surface area (Å²) >= 11 is 3.27. The molecule has 0 fully saturated rings. The fraction of sp³-hybridized carbons (Fsp3) is 0.200. The molecule has 0 spiro atoms. The van der Waals surface area contributed by atoms with Crippen LogP contribution in [0.4, 0.5) is 5.69 Å². The Labute approximate surface area is 111 Å². The number of benzene rings is 1. The second-order valence-corrected chi connectivity index (χ2v) is 4.31. The third-order valence-electron chi connectivity index (χ3n) is 2.29. The van der Waals surface area contributed by atoms with Gasteiger partial charge in [-0.2, -0.15) is 5.10 Å². The maximum absolute atomic E-state index is 10.7. The second-order valence-electron chi connectivity index (χ2n) is 3.46. The van der Waals surface area contributed by atoms with Crippen LogP contribution in [0.2, 0.25) is 0 Å². The largest absolute Gasteiger partial charge is 0.484 e. The quantitative estimate of drug-likeness (QED) is 0.637. The molecule has 0 N–H and O–H groups in total. The Hall–Kier alpha value is -1.96. The van der Waals surface area contributed by atoms with Crippen LogP contribution in [0.5, 0.6) is 5.75 Å². The number of aryl methyl sites for hydroxylation is 1. The highest BCUT2D eigenvalue weighted by atomic mass is 79.9. The maximum Gasteiger partial charge on any atom is 0.273 e. The minimum atomic E-state index is -0.471. The van der Waals surface area contributed by atoms with Gasteiger partial charge in [-0.25, -0.2) is 4.98 Å². The van der Waals surface area contributed by atoms with Crippen LogP contribution < -0.4 is 4.74 Å². The lowest BCUT2D eigenvalue weighted by Gasteiger charge is -2.07.